The van der Waals surface area contributed by atoms with Gasteiger partial charge in [0.1, 0.15) is 23.8 Å². The molecule has 0 aliphatic carbocycles. The Balaban J connectivity index is 1.48. The average molecular weight is 539 g/mol. The molecule has 4 aromatic rings. The number of guanidine groups is 1. The second-order valence-corrected chi connectivity index (χ2v) is 9.80. The lowest BCUT2D eigenvalue weighted by molar-refractivity contribution is -0.137. The van der Waals surface area contributed by atoms with Crippen LogP contribution in [-0.2, 0) is 17.9 Å². The zero-order valence-corrected chi connectivity index (χ0v) is 20.9. The summed E-state index contributed by atoms with van der Waals surface area (Å²) >= 11 is 2.37. The number of carbonyl (C=O) groups is 3. The number of aliphatic imine (C=N–C) groups is 1. The number of nitrogens with zero attached hydrogens (tertiary/aromatic N) is 2. The summed E-state index contributed by atoms with van der Waals surface area (Å²) in [5.74, 6) is -2.09. The number of carboxylic acids is 2. The summed E-state index contributed by atoms with van der Waals surface area (Å²) in [5, 5.41) is 22.4. The van der Waals surface area contributed by atoms with Gasteiger partial charge in [-0.25, -0.2) is 9.79 Å². The highest BCUT2D eigenvalue weighted by atomic mass is 32.1. The van der Waals surface area contributed by atoms with Crippen molar-refractivity contribution in [3.05, 3.63) is 80.9 Å². The second kappa shape index (κ2) is 11.1. The summed E-state index contributed by atoms with van der Waals surface area (Å²) in [6.07, 6.45) is 0. The predicted octanol–water partition coefficient (Wildman–Crippen LogP) is 3.87. The first-order chi connectivity index (χ1) is 17.7. The minimum Gasteiger partial charge on any atom is -0.489 e. The monoisotopic (exact) mass is 538 g/mol. The van der Waals surface area contributed by atoms with Crippen molar-refractivity contribution in [2.75, 3.05) is 6.54 Å². The summed E-state index contributed by atoms with van der Waals surface area (Å²) in [4.78, 5) is 41.2. The lowest BCUT2D eigenvalue weighted by Gasteiger charge is -2.20. The van der Waals surface area contributed by atoms with Crippen molar-refractivity contribution >= 4 is 62.3 Å². The lowest BCUT2D eigenvalue weighted by Crippen LogP contribution is -2.35. The number of fused-ring (bicyclic) bond motifs is 1. The highest BCUT2D eigenvalue weighted by Gasteiger charge is 2.23. The van der Waals surface area contributed by atoms with E-state index in [1.165, 1.54) is 22.3 Å². The fraction of sp³-hybridized carbons (Fsp3) is 0.120. The number of aliphatic carboxylic acids is 1. The molecule has 6 N–H and O–H groups in total. The van der Waals surface area contributed by atoms with Crippen molar-refractivity contribution in [1.29, 1.82) is 0 Å². The van der Waals surface area contributed by atoms with Crippen LogP contribution in [0.3, 0.4) is 0 Å². The highest BCUT2D eigenvalue weighted by molar-refractivity contribution is 7.17. The molecule has 10 nitrogen and oxygen atoms in total. The van der Waals surface area contributed by atoms with Gasteiger partial charge >= 0.3 is 11.9 Å². The first-order valence-corrected chi connectivity index (χ1v) is 12.6. The van der Waals surface area contributed by atoms with E-state index < -0.39 is 24.4 Å². The van der Waals surface area contributed by atoms with Gasteiger partial charge in [0.25, 0.3) is 5.91 Å². The molecule has 0 atom stereocenters. The van der Waals surface area contributed by atoms with Gasteiger partial charge in [0.05, 0.1) is 11.3 Å². The van der Waals surface area contributed by atoms with Gasteiger partial charge < -0.3 is 31.3 Å². The van der Waals surface area contributed by atoms with Gasteiger partial charge in [0, 0.05) is 22.0 Å². The van der Waals surface area contributed by atoms with Crippen molar-refractivity contribution < 1.29 is 29.3 Å². The smallest absolute Gasteiger partial charge is 0.345 e. The Morgan fingerprint density at radius 1 is 0.946 bits per heavy atom. The van der Waals surface area contributed by atoms with Crippen molar-refractivity contribution in [2.45, 2.75) is 13.2 Å². The number of hydrogen-bond donors (Lipinski definition) is 4. The van der Waals surface area contributed by atoms with E-state index in [1.54, 1.807) is 35.0 Å². The van der Waals surface area contributed by atoms with E-state index >= 15 is 0 Å². The number of aromatic carboxylic acids is 1. The van der Waals surface area contributed by atoms with E-state index in [1.807, 2.05) is 18.2 Å². The largest absolute Gasteiger partial charge is 0.489 e. The zero-order chi connectivity index (χ0) is 26.5. The topological polar surface area (TPSA) is 169 Å². The predicted molar refractivity (Wildman–Crippen MR) is 142 cm³/mol. The molecule has 2 heterocycles. The molecule has 0 fully saturated rings. The van der Waals surface area contributed by atoms with Crippen LogP contribution in [0.1, 0.15) is 31.2 Å². The fourth-order valence-electron chi connectivity index (χ4n) is 3.57. The molecule has 0 aliphatic rings. The number of benzene rings is 2. The summed E-state index contributed by atoms with van der Waals surface area (Å²) in [5.41, 5.74) is 13.2. The van der Waals surface area contributed by atoms with Crippen LogP contribution in [0.25, 0.3) is 10.1 Å². The zero-order valence-electron chi connectivity index (χ0n) is 19.3. The van der Waals surface area contributed by atoms with Crippen molar-refractivity contribution in [2.24, 2.45) is 16.5 Å². The van der Waals surface area contributed by atoms with Crippen LogP contribution >= 0.6 is 22.7 Å². The van der Waals surface area contributed by atoms with Crippen molar-refractivity contribution in [3.8, 4) is 5.75 Å². The standard InChI is InChI=1S/C25H22N4O6S2/c26-25(27)28-16-3-1-14(2-4-16)11-35-17-5-6-18-19(13-37-20(18)8-17)23(32)29(10-22(30)31)9-15-7-21(24(33)34)36-12-15/h1-8,12-13H,9-11H2,(H,30,31)(H,33,34)(H4,26,27,28). The third kappa shape index (κ3) is 6.42. The Bertz CT molecular complexity index is 1490. The molecule has 190 valence electrons. The number of nitrogens with two attached hydrogens (primary N) is 2. The van der Waals surface area contributed by atoms with E-state index in [-0.39, 0.29) is 17.4 Å². The highest BCUT2D eigenvalue weighted by Crippen LogP contribution is 2.31. The Labute approximate surface area is 219 Å². The van der Waals surface area contributed by atoms with Gasteiger partial charge in [-0.05, 0) is 52.9 Å². The number of carboxylic acid groups (broad SMARTS) is 2. The van der Waals surface area contributed by atoms with Crippen LogP contribution < -0.4 is 16.2 Å². The fourth-order valence-corrected chi connectivity index (χ4v) is 5.27. The maximum atomic E-state index is 13.3. The van der Waals surface area contributed by atoms with Crippen molar-refractivity contribution in [1.82, 2.24) is 4.90 Å². The molecule has 0 unspecified atom stereocenters. The maximum absolute atomic E-state index is 13.3. The third-order valence-electron chi connectivity index (χ3n) is 5.23. The Morgan fingerprint density at radius 2 is 1.70 bits per heavy atom. The third-order valence-corrected chi connectivity index (χ3v) is 7.14. The molecule has 2 aromatic carbocycles. The number of hydrogen-bond acceptors (Lipinski definition) is 7. The Hall–Kier alpha value is -4.42. The number of amides is 1. The minimum absolute atomic E-state index is 0.0176. The van der Waals surface area contributed by atoms with Gasteiger partial charge in [-0.1, -0.05) is 12.1 Å². The summed E-state index contributed by atoms with van der Waals surface area (Å²) in [6.45, 7) is -0.219. The first-order valence-electron chi connectivity index (χ1n) is 10.8. The molecule has 0 saturated heterocycles. The lowest BCUT2D eigenvalue weighted by atomic mass is 10.1. The summed E-state index contributed by atoms with van der Waals surface area (Å²) in [6, 6.07) is 14.0. The number of thiophene rings is 2. The average Bonchev–Trinajstić information content (AvgIpc) is 3.49. The molecule has 1 amide bonds. The molecule has 0 aliphatic heterocycles. The Morgan fingerprint density at radius 3 is 2.35 bits per heavy atom. The van der Waals surface area contributed by atoms with Gasteiger partial charge in [-0.3, -0.25) is 9.59 Å². The molecule has 0 spiro atoms. The summed E-state index contributed by atoms with van der Waals surface area (Å²) < 4.78 is 6.70. The normalized spacial score (nSPS) is 10.7. The number of carbonyl (C=O) groups excluding carboxylic acids is 1. The molecule has 0 bridgehead atoms. The van der Waals surface area contributed by atoms with Crippen LogP contribution in [-0.4, -0.2) is 45.5 Å². The van der Waals surface area contributed by atoms with Gasteiger partial charge in [-0.2, -0.15) is 0 Å². The number of rotatable bonds is 10. The van der Waals surface area contributed by atoms with Crippen LogP contribution in [0.2, 0.25) is 0 Å². The van der Waals surface area contributed by atoms with Gasteiger partial charge in [0.2, 0.25) is 0 Å². The quantitative estimate of drug-likeness (QED) is 0.174. The van der Waals surface area contributed by atoms with Gasteiger partial charge in [0.15, 0.2) is 5.96 Å². The van der Waals surface area contributed by atoms with Crippen LogP contribution in [0.4, 0.5) is 5.69 Å². The molecular weight excluding hydrogens is 516 g/mol. The van der Waals surface area contributed by atoms with E-state index in [0.717, 1.165) is 21.6 Å². The summed E-state index contributed by atoms with van der Waals surface area (Å²) in [7, 11) is 0. The molecule has 4 rings (SSSR count). The molecule has 12 heteroatoms. The van der Waals surface area contributed by atoms with Gasteiger partial charge in [-0.15, -0.1) is 22.7 Å². The van der Waals surface area contributed by atoms with E-state index in [0.29, 0.717) is 34.6 Å². The molecule has 0 radical (unpaired) electrons. The number of ether oxygens (including phenoxy) is 1. The molecule has 37 heavy (non-hydrogen) atoms. The Kier molecular flexibility index (Phi) is 7.70. The molecule has 2 aromatic heterocycles. The van der Waals surface area contributed by atoms with E-state index in [4.69, 9.17) is 21.3 Å². The molecular formula is C25H22N4O6S2. The minimum atomic E-state index is -1.16. The second-order valence-electron chi connectivity index (χ2n) is 7.98. The first kappa shape index (κ1) is 25.7. The van der Waals surface area contributed by atoms with E-state index in [9.17, 15) is 19.5 Å². The maximum Gasteiger partial charge on any atom is 0.345 e. The van der Waals surface area contributed by atoms with Crippen LogP contribution in [0.5, 0.6) is 5.75 Å². The van der Waals surface area contributed by atoms with Crippen molar-refractivity contribution in [3.63, 3.8) is 0 Å². The SMILES string of the molecule is NC(N)=Nc1ccc(COc2ccc3c(C(=O)N(CC(=O)O)Cc4csc(C(=O)O)c4)csc3c2)cc1. The molecule has 0 saturated carbocycles. The van der Waals surface area contributed by atoms with Crippen LogP contribution in [0, 0.1) is 0 Å². The van der Waals surface area contributed by atoms with Crippen LogP contribution in [0.15, 0.2) is 64.3 Å². The van der Waals surface area contributed by atoms with E-state index in [2.05, 4.69) is 4.99 Å².